The number of carbonyl (C=O) groups excluding carboxylic acids is 1. The zero-order chi connectivity index (χ0) is 19.8. The maximum atomic E-state index is 13.7. The highest BCUT2D eigenvalue weighted by Crippen LogP contribution is 2.27. The number of benzene rings is 1. The van der Waals surface area contributed by atoms with E-state index in [9.17, 15) is 9.18 Å². The molecule has 28 heavy (non-hydrogen) atoms. The van der Waals surface area contributed by atoms with Crippen LogP contribution in [0.25, 0.3) is 16.9 Å². The molecule has 0 aliphatic rings. The van der Waals surface area contributed by atoms with Gasteiger partial charge in [0.2, 0.25) is 5.91 Å². The normalized spacial score (nSPS) is 11.1. The Kier molecular flexibility index (Phi) is 4.68. The molecule has 4 rings (SSSR count). The largest absolute Gasteiger partial charge is 0.303 e. The third-order valence-electron chi connectivity index (χ3n) is 4.49. The Morgan fingerprint density at radius 3 is 2.71 bits per heavy atom. The summed E-state index contributed by atoms with van der Waals surface area (Å²) in [5.74, 6) is -0.431. The van der Waals surface area contributed by atoms with Gasteiger partial charge < -0.3 is 9.72 Å². The third-order valence-corrected chi connectivity index (χ3v) is 5.37. The van der Waals surface area contributed by atoms with Crippen LogP contribution in [0.15, 0.2) is 41.9 Å². The molecule has 0 fully saturated rings. The van der Waals surface area contributed by atoms with Gasteiger partial charge in [-0.3, -0.25) is 4.79 Å². The van der Waals surface area contributed by atoms with E-state index in [0.29, 0.717) is 16.4 Å². The molecule has 5 nitrogen and oxygen atoms in total. The lowest BCUT2D eigenvalue weighted by molar-refractivity contribution is -0.115. The Morgan fingerprint density at radius 2 is 2.00 bits per heavy atom. The maximum Gasteiger partial charge on any atom is 0.232 e. The Labute approximate surface area is 165 Å². The van der Waals surface area contributed by atoms with Crippen LogP contribution < -0.4 is 5.32 Å². The number of hydrogen-bond acceptors (Lipinski definition) is 4. The molecule has 0 bridgehead atoms. The quantitative estimate of drug-likeness (QED) is 0.546. The lowest BCUT2D eigenvalue weighted by Crippen LogP contribution is -2.16. The Bertz CT molecular complexity index is 1190. The van der Waals surface area contributed by atoms with Gasteiger partial charge >= 0.3 is 0 Å². The summed E-state index contributed by atoms with van der Waals surface area (Å²) in [7, 11) is 0. The van der Waals surface area contributed by atoms with E-state index in [4.69, 9.17) is 4.98 Å². The van der Waals surface area contributed by atoms with Crippen molar-refractivity contribution in [2.75, 3.05) is 5.32 Å². The third kappa shape index (κ3) is 3.53. The number of hydrogen-bond donors (Lipinski definition) is 1. The molecule has 0 aliphatic carbocycles. The van der Waals surface area contributed by atoms with Crippen molar-refractivity contribution in [2.24, 2.45) is 0 Å². The summed E-state index contributed by atoms with van der Waals surface area (Å²) in [5.41, 5.74) is 5.44. The van der Waals surface area contributed by atoms with Crippen LogP contribution in [0.1, 0.15) is 22.5 Å². The van der Waals surface area contributed by atoms with Gasteiger partial charge in [-0.15, -0.1) is 11.3 Å². The average molecular weight is 394 g/mol. The van der Waals surface area contributed by atoms with Crippen LogP contribution in [0.2, 0.25) is 0 Å². The van der Waals surface area contributed by atoms with Gasteiger partial charge in [0.15, 0.2) is 5.13 Å². The topological polar surface area (TPSA) is 59.3 Å². The van der Waals surface area contributed by atoms with Crippen molar-refractivity contribution in [3.63, 3.8) is 0 Å². The number of nitrogens with one attached hydrogen (secondary N) is 1. The fraction of sp³-hybridized carbons (Fsp3) is 0.190. The van der Waals surface area contributed by atoms with Crippen LogP contribution >= 0.6 is 11.3 Å². The van der Waals surface area contributed by atoms with E-state index < -0.39 is 0 Å². The fourth-order valence-electron chi connectivity index (χ4n) is 3.12. The number of anilines is 1. The van der Waals surface area contributed by atoms with Crippen molar-refractivity contribution < 1.29 is 9.18 Å². The summed E-state index contributed by atoms with van der Waals surface area (Å²) in [6.07, 6.45) is 2.09. The first-order chi connectivity index (χ1) is 13.4. The molecule has 1 aromatic carbocycles. The molecule has 0 aliphatic heterocycles. The summed E-state index contributed by atoms with van der Waals surface area (Å²) in [6, 6.07) is 8.78. The molecule has 3 heterocycles. The monoisotopic (exact) mass is 394 g/mol. The number of nitrogens with zero attached hydrogens (tertiary/aromatic N) is 3. The van der Waals surface area contributed by atoms with E-state index in [-0.39, 0.29) is 18.1 Å². The van der Waals surface area contributed by atoms with Gasteiger partial charge in [-0.1, -0.05) is 6.07 Å². The Hall–Kier alpha value is -3.06. The molecule has 0 spiro atoms. The lowest BCUT2D eigenvalue weighted by Gasteiger charge is -2.07. The number of fused-ring (bicyclic) bond motifs is 1. The van der Waals surface area contributed by atoms with Crippen molar-refractivity contribution in [1.29, 1.82) is 0 Å². The standard InChI is InChI=1S/C21H19FN4OS/c1-12-4-7-18-24-20(15-5-6-16(22)13(2)8-15)17(26(18)10-12)9-19(27)25-21-23-14(3)11-28-21/h4-8,10-11H,9H2,1-3H3,(H,23,25,27). The van der Waals surface area contributed by atoms with E-state index in [0.717, 1.165) is 28.2 Å². The molecular weight excluding hydrogens is 375 g/mol. The van der Waals surface area contributed by atoms with Crippen LogP contribution in [-0.4, -0.2) is 20.3 Å². The molecule has 0 saturated carbocycles. The highest BCUT2D eigenvalue weighted by molar-refractivity contribution is 7.13. The summed E-state index contributed by atoms with van der Waals surface area (Å²) >= 11 is 1.39. The molecule has 1 amide bonds. The highest BCUT2D eigenvalue weighted by Gasteiger charge is 2.18. The van der Waals surface area contributed by atoms with Crippen LogP contribution in [-0.2, 0) is 11.2 Å². The number of rotatable bonds is 4. The van der Waals surface area contributed by atoms with Gasteiger partial charge in [0.25, 0.3) is 0 Å². The molecule has 142 valence electrons. The second-order valence-electron chi connectivity index (χ2n) is 6.82. The number of pyridine rings is 1. The average Bonchev–Trinajstić information content (AvgIpc) is 3.21. The zero-order valence-electron chi connectivity index (χ0n) is 15.8. The predicted molar refractivity (Wildman–Crippen MR) is 109 cm³/mol. The molecule has 4 aromatic rings. The zero-order valence-corrected chi connectivity index (χ0v) is 16.6. The molecule has 0 saturated heterocycles. The minimum Gasteiger partial charge on any atom is -0.303 e. The minimum atomic E-state index is -0.262. The number of thiazole rings is 1. The van der Waals surface area contributed by atoms with Crippen LogP contribution in [0.4, 0.5) is 9.52 Å². The highest BCUT2D eigenvalue weighted by atomic mass is 32.1. The van der Waals surface area contributed by atoms with Crippen LogP contribution in [0, 0.1) is 26.6 Å². The first kappa shape index (κ1) is 18.3. The van der Waals surface area contributed by atoms with E-state index in [1.807, 2.05) is 42.0 Å². The number of imidazole rings is 1. The van der Waals surface area contributed by atoms with Crippen molar-refractivity contribution in [3.8, 4) is 11.3 Å². The predicted octanol–water partition coefficient (Wildman–Crippen LogP) is 4.70. The molecule has 3 aromatic heterocycles. The van der Waals surface area contributed by atoms with E-state index in [2.05, 4.69) is 10.3 Å². The van der Waals surface area contributed by atoms with Gasteiger partial charge in [-0.2, -0.15) is 0 Å². The second kappa shape index (κ2) is 7.16. The van der Waals surface area contributed by atoms with E-state index in [1.165, 1.54) is 17.4 Å². The number of amides is 1. The molecule has 7 heteroatoms. The van der Waals surface area contributed by atoms with Gasteiger partial charge in [0.05, 0.1) is 23.5 Å². The molecule has 1 N–H and O–H groups in total. The minimum absolute atomic E-state index is 0.134. The number of aryl methyl sites for hydroxylation is 3. The van der Waals surface area contributed by atoms with Crippen molar-refractivity contribution >= 4 is 28.0 Å². The SMILES string of the molecule is Cc1ccc2nc(-c3ccc(F)c(C)c3)c(CC(=O)Nc3nc(C)cs3)n2c1. The number of carbonyl (C=O) groups is 1. The first-order valence-corrected chi connectivity index (χ1v) is 9.75. The van der Waals surface area contributed by atoms with Crippen molar-refractivity contribution in [2.45, 2.75) is 27.2 Å². The van der Waals surface area contributed by atoms with Gasteiger partial charge in [-0.25, -0.2) is 14.4 Å². The summed E-state index contributed by atoms with van der Waals surface area (Å²) < 4.78 is 15.7. The number of halogens is 1. The van der Waals surface area contributed by atoms with Gasteiger partial charge in [-0.05, 0) is 56.2 Å². The summed E-state index contributed by atoms with van der Waals surface area (Å²) in [6.45, 7) is 5.59. The van der Waals surface area contributed by atoms with Crippen molar-refractivity contribution in [3.05, 3.63) is 70.2 Å². The Balaban J connectivity index is 1.77. The summed E-state index contributed by atoms with van der Waals surface area (Å²) in [4.78, 5) is 21.7. The van der Waals surface area contributed by atoms with Crippen LogP contribution in [0.5, 0.6) is 0 Å². The van der Waals surface area contributed by atoms with E-state index in [1.54, 1.807) is 19.1 Å². The fourth-order valence-corrected chi connectivity index (χ4v) is 3.82. The van der Waals surface area contributed by atoms with Crippen LogP contribution in [0.3, 0.4) is 0 Å². The first-order valence-electron chi connectivity index (χ1n) is 8.87. The maximum absolute atomic E-state index is 13.7. The van der Waals surface area contributed by atoms with Gasteiger partial charge in [0.1, 0.15) is 11.5 Å². The summed E-state index contributed by atoms with van der Waals surface area (Å²) in [5, 5.41) is 5.31. The van der Waals surface area contributed by atoms with Gasteiger partial charge in [0, 0.05) is 17.1 Å². The number of aromatic nitrogens is 3. The second-order valence-corrected chi connectivity index (χ2v) is 7.68. The van der Waals surface area contributed by atoms with Crippen molar-refractivity contribution in [1.82, 2.24) is 14.4 Å². The lowest BCUT2D eigenvalue weighted by atomic mass is 10.1. The van der Waals surface area contributed by atoms with E-state index >= 15 is 0 Å². The Morgan fingerprint density at radius 1 is 1.18 bits per heavy atom. The molecule has 0 atom stereocenters. The molecular formula is C21H19FN4OS. The smallest absolute Gasteiger partial charge is 0.232 e. The molecule has 0 radical (unpaired) electrons. The molecule has 0 unspecified atom stereocenters.